The molecule has 514 valence electrons. The Hall–Kier alpha value is -1.47. The van der Waals surface area contributed by atoms with Gasteiger partial charge in [-0.05, 0) is 12.8 Å². The van der Waals surface area contributed by atoms with E-state index >= 15 is 0 Å². The molecule has 19 heteroatoms. The number of rotatable bonds is 55. The van der Waals surface area contributed by atoms with Crippen LogP contribution in [0.2, 0.25) is 0 Å². The number of hydrogen-bond donors (Lipinski definition) is 12. The number of hydrogen-bond acceptors (Lipinski definition) is 18. The smallest absolute Gasteiger partial charge is 0.220 e. The molecule has 3 aliphatic rings. The van der Waals surface area contributed by atoms with Crippen LogP contribution in [0.1, 0.15) is 284 Å². The minimum Gasteiger partial charge on any atom is -0.394 e. The van der Waals surface area contributed by atoms with Gasteiger partial charge in [0.1, 0.15) is 73.2 Å². The second kappa shape index (κ2) is 51.0. The number of aliphatic hydroxyl groups is 11. The Kier molecular flexibility index (Phi) is 46.8. The number of nitrogens with one attached hydrogen (secondary N) is 1. The zero-order valence-electron chi connectivity index (χ0n) is 54.3. The lowest BCUT2D eigenvalue weighted by Crippen LogP contribution is -2.66. The maximum atomic E-state index is 13.2. The van der Waals surface area contributed by atoms with Crippen LogP contribution >= 0.6 is 0 Å². The third kappa shape index (κ3) is 33.3. The summed E-state index contributed by atoms with van der Waals surface area (Å²) in [4.78, 5) is 13.2. The van der Waals surface area contributed by atoms with E-state index in [2.05, 4.69) is 12.2 Å². The van der Waals surface area contributed by atoms with Crippen LogP contribution in [-0.2, 0) is 33.2 Å². The van der Waals surface area contributed by atoms with Crippen molar-refractivity contribution in [1.29, 1.82) is 0 Å². The Morgan fingerprint density at radius 1 is 0.402 bits per heavy atom. The molecule has 3 aliphatic heterocycles. The highest BCUT2D eigenvalue weighted by Crippen LogP contribution is 2.33. The van der Waals surface area contributed by atoms with Gasteiger partial charge in [0.25, 0.3) is 0 Å². The predicted molar refractivity (Wildman–Crippen MR) is 337 cm³/mol. The normalized spacial score (nSPS) is 28.6. The molecular weight excluding hydrogens is 1120 g/mol. The van der Waals surface area contributed by atoms with E-state index in [1.54, 1.807) is 12.2 Å². The molecule has 0 spiro atoms. The van der Waals surface area contributed by atoms with Crippen molar-refractivity contribution in [2.45, 2.75) is 388 Å². The summed E-state index contributed by atoms with van der Waals surface area (Å²) in [6.45, 7) is 1.51. The molecule has 17 atom stereocenters. The van der Waals surface area contributed by atoms with E-state index in [1.807, 2.05) is 6.92 Å². The van der Waals surface area contributed by atoms with Crippen molar-refractivity contribution < 1.29 is 89.4 Å². The fourth-order valence-electron chi connectivity index (χ4n) is 12.3. The van der Waals surface area contributed by atoms with Crippen molar-refractivity contribution >= 4 is 5.91 Å². The number of carbonyl (C=O) groups excluding carboxylic acids is 1. The van der Waals surface area contributed by atoms with Gasteiger partial charge in [0.05, 0.1) is 38.6 Å². The molecule has 0 aromatic carbocycles. The first-order valence-electron chi connectivity index (χ1n) is 35.4. The van der Waals surface area contributed by atoms with Crippen LogP contribution < -0.4 is 5.32 Å². The molecule has 17 unspecified atom stereocenters. The number of carbonyl (C=O) groups is 1. The maximum Gasteiger partial charge on any atom is 0.220 e. The summed E-state index contributed by atoms with van der Waals surface area (Å²) in [6, 6.07) is -0.964. The molecule has 1 amide bonds. The van der Waals surface area contributed by atoms with Crippen molar-refractivity contribution in [2.24, 2.45) is 0 Å². The Labute approximate surface area is 525 Å². The number of allylic oxidation sites excluding steroid dienone is 1. The first-order chi connectivity index (χ1) is 42.3. The lowest BCUT2D eigenvalue weighted by molar-refractivity contribution is -0.379. The first-order valence-corrected chi connectivity index (χ1v) is 35.4. The molecule has 87 heavy (non-hydrogen) atoms. The fraction of sp³-hybridized carbons (Fsp3) is 0.956. The Balaban J connectivity index is 1.17. The van der Waals surface area contributed by atoms with Gasteiger partial charge in [-0.25, -0.2) is 0 Å². The number of amides is 1. The molecule has 3 rings (SSSR count). The molecule has 0 radical (unpaired) electrons. The Bertz CT molecular complexity index is 1630. The van der Waals surface area contributed by atoms with Crippen molar-refractivity contribution in [3.63, 3.8) is 0 Å². The monoisotopic (exact) mass is 1250 g/mol. The van der Waals surface area contributed by atoms with Gasteiger partial charge in [0.2, 0.25) is 5.91 Å². The summed E-state index contributed by atoms with van der Waals surface area (Å²) in [7, 11) is 0. The minimum absolute atomic E-state index is 0.246. The summed E-state index contributed by atoms with van der Waals surface area (Å²) < 4.78 is 34.0. The van der Waals surface area contributed by atoms with Crippen LogP contribution in [-0.4, -0.2) is 193 Å². The highest BCUT2D eigenvalue weighted by molar-refractivity contribution is 5.76. The third-order valence-corrected chi connectivity index (χ3v) is 18.1. The van der Waals surface area contributed by atoms with Crippen molar-refractivity contribution in [3.8, 4) is 0 Å². The predicted octanol–water partition coefficient (Wildman–Crippen LogP) is 9.28. The van der Waals surface area contributed by atoms with Crippen LogP contribution in [0.25, 0.3) is 0 Å². The number of aliphatic hydroxyl groups excluding tert-OH is 11. The minimum atomic E-state index is -1.97. The summed E-state index contributed by atoms with van der Waals surface area (Å²) >= 11 is 0. The quantitative estimate of drug-likeness (QED) is 0.0199. The first kappa shape index (κ1) is 79.8. The molecule has 0 saturated carbocycles. The van der Waals surface area contributed by atoms with Crippen LogP contribution in [0, 0.1) is 0 Å². The van der Waals surface area contributed by atoms with Gasteiger partial charge in [0.15, 0.2) is 18.9 Å². The molecule has 3 fully saturated rings. The van der Waals surface area contributed by atoms with Crippen molar-refractivity contribution in [1.82, 2.24) is 5.32 Å². The second-order valence-electron chi connectivity index (χ2n) is 25.7. The molecule has 3 saturated heterocycles. The molecular formula is C68H129NO18. The number of ether oxygens (including phenoxy) is 6. The van der Waals surface area contributed by atoms with Crippen molar-refractivity contribution in [2.75, 3.05) is 26.4 Å². The van der Waals surface area contributed by atoms with E-state index in [0.29, 0.717) is 12.8 Å². The van der Waals surface area contributed by atoms with E-state index in [9.17, 15) is 61.0 Å². The molecule has 0 bridgehead atoms. The summed E-state index contributed by atoms with van der Waals surface area (Å²) in [5.74, 6) is -0.282. The molecule has 12 N–H and O–H groups in total. The Morgan fingerprint density at radius 2 is 0.713 bits per heavy atom. The lowest BCUT2D eigenvalue weighted by Gasteiger charge is -2.48. The van der Waals surface area contributed by atoms with E-state index < -0.39 is 124 Å². The highest BCUT2D eigenvalue weighted by Gasteiger charge is 2.53. The van der Waals surface area contributed by atoms with Crippen LogP contribution in [0.5, 0.6) is 0 Å². The van der Waals surface area contributed by atoms with E-state index in [-0.39, 0.29) is 18.9 Å². The molecule has 19 nitrogen and oxygen atoms in total. The highest BCUT2D eigenvalue weighted by atomic mass is 16.8. The topological polar surface area (TPSA) is 307 Å². The SMILES string of the molecule is CCC/C=C/C(O)C(COC1OC(CO)C(OC2OC(CO)C(OC3OC(CO)C(O)C(O)C3O)C(O)C2O)C(O)C1O)NC(=O)CCCCCCCCCCCCCCCCCCCCCCCCCCCCCCCCCCCCCCCCC. The molecule has 0 aliphatic carbocycles. The van der Waals surface area contributed by atoms with E-state index in [1.165, 1.54) is 225 Å². The van der Waals surface area contributed by atoms with Gasteiger partial charge < -0.3 is 89.9 Å². The Morgan fingerprint density at radius 3 is 1.06 bits per heavy atom. The van der Waals surface area contributed by atoms with E-state index in [4.69, 9.17) is 28.4 Å². The van der Waals surface area contributed by atoms with Crippen molar-refractivity contribution in [3.05, 3.63) is 12.2 Å². The second-order valence-corrected chi connectivity index (χ2v) is 25.7. The summed E-state index contributed by atoms with van der Waals surface area (Å²) in [6.07, 6.45) is 31.2. The maximum absolute atomic E-state index is 13.2. The van der Waals surface area contributed by atoms with Gasteiger partial charge in [0, 0.05) is 6.42 Å². The standard InChI is InChI=1S/C68H129NO18/c1-3-5-7-8-9-10-11-12-13-14-15-16-17-18-19-20-21-22-23-24-25-26-27-28-29-30-31-32-33-34-35-36-37-38-39-40-41-42-44-46-56(74)69-51(52(73)45-43-6-4-2)50-82-66-62(80)59(77)64(54(48-71)84-66)87-68-63(81)60(78)65(55(49-72)85-68)86-67-61(79)58(76)57(75)53(47-70)83-67/h43,45,51-55,57-68,70-73,75-81H,3-42,44,46-50H2,1-2H3,(H,69,74)/b45-43+. The lowest BCUT2D eigenvalue weighted by atomic mass is 9.96. The molecule has 0 aromatic rings. The average molecular weight is 1250 g/mol. The zero-order chi connectivity index (χ0) is 63.3. The number of unbranched alkanes of at least 4 members (excludes halogenated alkanes) is 39. The fourth-order valence-corrected chi connectivity index (χ4v) is 12.3. The van der Waals surface area contributed by atoms with Gasteiger partial charge in [-0.2, -0.15) is 0 Å². The van der Waals surface area contributed by atoms with E-state index in [0.717, 1.165) is 25.7 Å². The van der Waals surface area contributed by atoms with Gasteiger partial charge in [-0.15, -0.1) is 0 Å². The van der Waals surface area contributed by atoms with Crippen LogP contribution in [0.3, 0.4) is 0 Å². The van der Waals surface area contributed by atoms with Crippen LogP contribution in [0.15, 0.2) is 12.2 Å². The summed E-state index contributed by atoms with van der Waals surface area (Å²) in [5, 5.41) is 119. The third-order valence-electron chi connectivity index (χ3n) is 18.1. The largest absolute Gasteiger partial charge is 0.394 e. The van der Waals surface area contributed by atoms with Gasteiger partial charge in [-0.1, -0.05) is 276 Å². The molecule has 0 aromatic heterocycles. The summed E-state index contributed by atoms with van der Waals surface area (Å²) in [5.41, 5.74) is 0. The average Bonchev–Trinajstić information content (AvgIpc) is 1.50. The van der Waals surface area contributed by atoms with Crippen LogP contribution in [0.4, 0.5) is 0 Å². The zero-order valence-corrected chi connectivity index (χ0v) is 54.3. The molecule has 3 heterocycles. The van der Waals surface area contributed by atoms with Gasteiger partial charge in [-0.3, -0.25) is 4.79 Å². The van der Waals surface area contributed by atoms with Gasteiger partial charge >= 0.3 is 0 Å².